The lowest BCUT2D eigenvalue weighted by Crippen LogP contribution is -2.37. The van der Waals surface area contributed by atoms with Crippen LogP contribution in [0.5, 0.6) is 0 Å². The van der Waals surface area contributed by atoms with Crippen molar-refractivity contribution in [3.8, 4) is 0 Å². The molecule has 1 aromatic rings. The van der Waals surface area contributed by atoms with Crippen LogP contribution in [0.2, 0.25) is 0 Å². The molecular formula is C19H28F3N3O2. The summed E-state index contributed by atoms with van der Waals surface area (Å²) in [5.41, 5.74) is -1.03. The first kappa shape index (κ1) is 21.7. The Bertz CT molecular complexity index is 590. The fourth-order valence-corrected chi connectivity index (χ4v) is 3.02. The number of hydrogen-bond donors (Lipinski definition) is 2. The average molecular weight is 387 g/mol. The van der Waals surface area contributed by atoms with Gasteiger partial charge in [-0.2, -0.15) is 13.2 Å². The third-order valence-corrected chi connectivity index (χ3v) is 4.50. The van der Waals surface area contributed by atoms with Crippen LogP contribution in [0.3, 0.4) is 0 Å². The maximum absolute atomic E-state index is 13.0. The predicted molar refractivity (Wildman–Crippen MR) is 98.6 cm³/mol. The van der Waals surface area contributed by atoms with Crippen molar-refractivity contribution >= 4 is 11.6 Å². The summed E-state index contributed by atoms with van der Waals surface area (Å²) in [6, 6.07) is 4.91. The number of anilines is 1. The Labute approximate surface area is 158 Å². The molecule has 0 saturated carbocycles. The molecule has 2 N–H and O–H groups in total. The Kier molecular flexibility index (Phi) is 8.53. The first-order chi connectivity index (χ1) is 12.9. The van der Waals surface area contributed by atoms with Gasteiger partial charge in [-0.1, -0.05) is 12.1 Å². The van der Waals surface area contributed by atoms with Crippen molar-refractivity contribution in [3.63, 3.8) is 0 Å². The Balaban J connectivity index is 1.65. The van der Waals surface area contributed by atoms with Crippen molar-refractivity contribution in [1.82, 2.24) is 10.2 Å². The Morgan fingerprint density at radius 1 is 1.22 bits per heavy atom. The second kappa shape index (κ2) is 10.6. The van der Waals surface area contributed by atoms with Crippen molar-refractivity contribution in [2.45, 2.75) is 38.4 Å². The van der Waals surface area contributed by atoms with E-state index >= 15 is 0 Å². The lowest BCUT2D eigenvalue weighted by Gasteiger charge is -2.26. The van der Waals surface area contributed by atoms with Crippen LogP contribution >= 0.6 is 0 Å². The van der Waals surface area contributed by atoms with E-state index in [1.54, 1.807) is 0 Å². The Morgan fingerprint density at radius 2 is 1.93 bits per heavy atom. The zero-order chi connectivity index (χ0) is 19.7. The van der Waals surface area contributed by atoms with Gasteiger partial charge in [0.15, 0.2) is 0 Å². The van der Waals surface area contributed by atoms with E-state index in [0.29, 0.717) is 0 Å². The number of ether oxygens (including phenoxy) is 1. The van der Waals surface area contributed by atoms with Gasteiger partial charge in [0.1, 0.15) is 0 Å². The fraction of sp³-hybridized carbons (Fsp3) is 0.632. The van der Waals surface area contributed by atoms with Gasteiger partial charge in [-0.3, -0.25) is 9.69 Å². The Morgan fingerprint density at radius 3 is 2.63 bits per heavy atom. The summed E-state index contributed by atoms with van der Waals surface area (Å²) in [5.74, 6) is -0.431. The predicted octanol–water partition coefficient (Wildman–Crippen LogP) is 3.12. The zero-order valence-electron chi connectivity index (χ0n) is 15.6. The number of hydrogen-bond acceptors (Lipinski definition) is 4. The quantitative estimate of drug-likeness (QED) is 0.640. The van der Waals surface area contributed by atoms with Gasteiger partial charge in [-0.25, -0.2) is 0 Å². The molecule has 152 valence electrons. The molecule has 2 rings (SSSR count). The normalized spacial score (nSPS) is 16.9. The summed E-state index contributed by atoms with van der Waals surface area (Å²) in [6.45, 7) is 7.21. The first-order valence-corrected chi connectivity index (χ1v) is 9.36. The molecule has 1 aliphatic heterocycles. The minimum atomic E-state index is -4.49. The third-order valence-electron chi connectivity index (χ3n) is 4.50. The molecule has 0 bridgehead atoms. The largest absolute Gasteiger partial charge is 0.418 e. The number of para-hydroxylation sites is 1. The van der Waals surface area contributed by atoms with Gasteiger partial charge >= 0.3 is 6.18 Å². The highest BCUT2D eigenvalue weighted by Crippen LogP contribution is 2.34. The number of rotatable bonds is 9. The first-order valence-electron chi connectivity index (χ1n) is 9.36. The average Bonchev–Trinajstić information content (AvgIpc) is 2.61. The van der Waals surface area contributed by atoms with Gasteiger partial charge in [-0.15, -0.1) is 0 Å². The number of carbonyl (C=O) groups is 1. The number of carbonyl (C=O) groups excluding carboxylic acids is 1. The van der Waals surface area contributed by atoms with E-state index in [9.17, 15) is 18.0 Å². The summed E-state index contributed by atoms with van der Waals surface area (Å²) in [7, 11) is 0. The van der Waals surface area contributed by atoms with Crippen LogP contribution in [0.25, 0.3) is 0 Å². The molecule has 5 nitrogen and oxygen atoms in total. The van der Waals surface area contributed by atoms with Crippen LogP contribution in [0.15, 0.2) is 24.3 Å². The van der Waals surface area contributed by atoms with Gasteiger partial charge in [0.2, 0.25) is 5.91 Å². The van der Waals surface area contributed by atoms with Crippen LogP contribution < -0.4 is 10.6 Å². The molecule has 1 atom stereocenters. The lowest BCUT2D eigenvalue weighted by molar-refractivity contribution is -0.137. The topological polar surface area (TPSA) is 53.6 Å². The summed E-state index contributed by atoms with van der Waals surface area (Å²) >= 11 is 0. The van der Waals surface area contributed by atoms with E-state index in [2.05, 4.69) is 15.5 Å². The maximum Gasteiger partial charge on any atom is 0.418 e. The summed E-state index contributed by atoms with van der Waals surface area (Å²) in [4.78, 5) is 14.4. The van der Waals surface area contributed by atoms with Gasteiger partial charge in [-0.05, 0) is 45.0 Å². The highest BCUT2D eigenvalue weighted by Gasteiger charge is 2.33. The molecular weight excluding hydrogens is 359 g/mol. The van der Waals surface area contributed by atoms with E-state index < -0.39 is 17.6 Å². The van der Waals surface area contributed by atoms with Crippen molar-refractivity contribution in [2.24, 2.45) is 0 Å². The number of alkyl halides is 3. The third kappa shape index (κ3) is 7.86. The number of amides is 1. The van der Waals surface area contributed by atoms with E-state index in [-0.39, 0.29) is 18.2 Å². The summed E-state index contributed by atoms with van der Waals surface area (Å²) < 4.78 is 44.2. The number of benzene rings is 1. The van der Waals surface area contributed by atoms with Crippen molar-refractivity contribution < 1.29 is 22.7 Å². The fourth-order valence-electron chi connectivity index (χ4n) is 3.02. The van der Waals surface area contributed by atoms with E-state index in [4.69, 9.17) is 4.74 Å². The van der Waals surface area contributed by atoms with Crippen LogP contribution in [-0.2, 0) is 15.7 Å². The number of nitrogens with one attached hydrogen (secondary N) is 2. The summed E-state index contributed by atoms with van der Waals surface area (Å²) in [6.07, 6.45) is -2.32. The van der Waals surface area contributed by atoms with E-state index in [1.165, 1.54) is 18.2 Å². The van der Waals surface area contributed by atoms with Gasteiger partial charge in [0.05, 0.1) is 24.5 Å². The minimum Gasteiger partial charge on any atom is -0.379 e. The van der Waals surface area contributed by atoms with Crippen molar-refractivity contribution in [3.05, 3.63) is 29.8 Å². The molecule has 1 unspecified atom stereocenters. The number of unbranched alkanes of at least 4 members (excludes halogenated alkanes) is 1. The molecule has 0 aromatic heterocycles. The zero-order valence-corrected chi connectivity index (χ0v) is 15.6. The lowest BCUT2D eigenvalue weighted by atomic mass is 10.1. The number of halogens is 3. The van der Waals surface area contributed by atoms with Crippen molar-refractivity contribution in [2.75, 3.05) is 44.7 Å². The molecule has 27 heavy (non-hydrogen) atoms. The Hall–Kier alpha value is -1.64. The smallest absolute Gasteiger partial charge is 0.379 e. The van der Waals surface area contributed by atoms with Gasteiger partial charge in [0, 0.05) is 25.6 Å². The molecule has 0 radical (unpaired) electrons. The second-order valence-corrected chi connectivity index (χ2v) is 6.81. The number of nitrogens with zero attached hydrogens (tertiary/aromatic N) is 1. The summed E-state index contributed by atoms with van der Waals surface area (Å²) in [5, 5.41) is 5.63. The second-order valence-electron chi connectivity index (χ2n) is 6.81. The highest BCUT2D eigenvalue weighted by atomic mass is 19.4. The molecule has 0 aliphatic carbocycles. The SMILES string of the molecule is CC(CC(=O)Nc1ccccc1C(F)(F)F)NCCCCN1CCOCC1. The minimum absolute atomic E-state index is 0.105. The van der Waals surface area contributed by atoms with Crippen LogP contribution in [0.4, 0.5) is 18.9 Å². The molecule has 1 amide bonds. The molecule has 1 fully saturated rings. The standard InChI is InChI=1S/C19H28F3N3O2/c1-15(23-8-4-5-9-25-10-12-27-13-11-25)14-18(26)24-17-7-3-2-6-16(17)19(20,21)22/h2-3,6-7,15,23H,4-5,8-14H2,1H3,(H,24,26). The van der Waals surface area contributed by atoms with Crippen LogP contribution in [-0.4, -0.2) is 56.2 Å². The van der Waals surface area contributed by atoms with Crippen LogP contribution in [0, 0.1) is 0 Å². The van der Waals surface area contributed by atoms with Crippen molar-refractivity contribution in [1.29, 1.82) is 0 Å². The molecule has 1 saturated heterocycles. The maximum atomic E-state index is 13.0. The number of morpholine rings is 1. The van der Waals surface area contributed by atoms with E-state index in [0.717, 1.165) is 58.3 Å². The van der Waals surface area contributed by atoms with Gasteiger partial charge < -0.3 is 15.4 Å². The molecule has 1 aromatic carbocycles. The van der Waals surface area contributed by atoms with Gasteiger partial charge in [0.25, 0.3) is 0 Å². The monoisotopic (exact) mass is 387 g/mol. The molecule has 0 spiro atoms. The molecule has 1 aliphatic rings. The highest BCUT2D eigenvalue weighted by molar-refractivity contribution is 5.92. The van der Waals surface area contributed by atoms with Crippen LogP contribution in [0.1, 0.15) is 31.7 Å². The van der Waals surface area contributed by atoms with E-state index in [1.807, 2.05) is 6.92 Å². The molecule has 1 heterocycles. The molecule has 8 heteroatoms.